The molecular formula is C20H24N2O. The molecule has 0 radical (unpaired) electrons. The number of carbonyl (C=O) groups excluding carboxylic acids is 1. The van der Waals surface area contributed by atoms with Crippen LogP contribution in [-0.4, -0.2) is 25.5 Å². The van der Waals surface area contributed by atoms with Crippen LogP contribution < -0.4 is 9.80 Å². The molecule has 0 unspecified atom stereocenters. The topological polar surface area (TPSA) is 23.6 Å². The van der Waals surface area contributed by atoms with Gasteiger partial charge in [0.1, 0.15) is 0 Å². The predicted octanol–water partition coefficient (Wildman–Crippen LogP) is 4.13. The molecule has 0 bridgehead atoms. The average Bonchev–Trinajstić information content (AvgIpc) is 2.62. The molecule has 23 heavy (non-hydrogen) atoms. The third-order valence-corrected chi connectivity index (χ3v) is 4.60. The molecule has 3 heteroatoms. The molecule has 1 aliphatic rings. The normalized spacial score (nSPS) is 13.6. The summed E-state index contributed by atoms with van der Waals surface area (Å²) < 4.78 is 0. The van der Waals surface area contributed by atoms with E-state index in [0.29, 0.717) is 0 Å². The predicted molar refractivity (Wildman–Crippen MR) is 96.4 cm³/mol. The maximum Gasteiger partial charge on any atom is 0.258 e. The molecule has 0 saturated heterocycles. The Labute approximate surface area is 138 Å². The van der Waals surface area contributed by atoms with E-state index in [4.69, 9.17) is 0 Å². The molecule has 0 atom stereocenters. The molecule has 2 aromatic rings. The SMILES string of the molecule is CCN(CC)c1ccc(C(=O)N2CCCc3ccccc32)cc1. The standard InChI is InChI=1S/C20H24N2O/c1-3-21(4-2)18-13-11-17(12-14-18)20(23)22-15-7-9-16-8-5-6-10-19(16)22/h5-6,8,10-14H,3-4,7,9,15H2,1-2H3. The summed E-state index contributed by atoms with van der Waals surface area (Å²) in [6, 6.07) is 16.2. The van der Waals surface area contributed by atoms with Gasteiger partial charge in [-0.2, -0.15) is 0 Å². The Bertz CT molecular complexity index is 674. The molecule has 3 nitrogen and oxygen atoms in total. The molecule has 3 rings (SSSR count). The number of carbonyl (C=O) groups is 1. The summed E-state index contributed by atoms with van der Waals surface area (Å²) in [5.41, 5.74) is 4.27. The molecule has 1 heterocycles. The third kappa shape index (κ3) is 3.09. The highest BCUT2D eigenvalue weighted by Gasteiger charge is 2.23. The van der Waals surface area contributed by atoms with Gasteiger partial charge < -0.3 is 9.80 Å². The summed E-state index contributed by atoms with van der Waals surface area (Å²) in [5.74, 6) is 0.100. The van der Waals surface area contributed by atoms with Gasteiger partial charge in [-0.3, -0.25) is 4.79 Å². The van der Waals surface area contributed by atoms with Crippen LogP contribution in [0.1, 0.15) is 36.2 Å². The second kappa shape index (κ2) is 6.86. The number of amides is 1. The second-order valence-electron chi connectivity index (χ2n) is 5.91. The van der Waals surface area contributed by atoms with Crippen molar-refractivity contribution in [2.75, 3.05) is 29.4 Å². The Kier molecular flexibility index (Phi) is 4.65. The Morgan fingerprint density at radius 3 is 2.43 bits per heavy atom. The van der Waals surface area contributed by atoms with Crippen molar-refractivity contribution in [2.24, 2.45) is 0 Å². The minimum atomic E-state index is 0.100. The number of hydrogen-bond donors (Lipinski definition) is 0. The fourth-order valence-electron chi connectivity index (χ4n) is 3.30. The van der Waals surface area contributed by atoms with Crippen molar-refractivity contribution in [3.63, 3.8) is 0 Å². The summed E-state index contributed by atoms with van der Waals surface area (Å²) in [5, 5.41) is 0. The minimum absolute atomic E-state index is 0.100. The van der Waals surface area contributed by atoms with Crippen LogP contribution >= 0.6 is 0 Å². The van der Waals surface area contributed by atoms with E-state index in [9.17, 15) is 4.79 Å². The Hall–Kier alpha value is -2.29. The van der Waals surface area contributed by atoms with Gasteiger partial charge in [0.25, 0.3) is 5.91 Å². The first-order valence-corrected chi connectivity index (χ1v) is 8.49. The largest absolute Gasteiger partial charge is 0.372 e. The van der Waals surface area contributed by atoms with E-state index in [1.807, 2.05) is 29.2 Å². The number of nitrogens with zero attached hydrogens (tertiary/aromatic N) is 2. The summed E-state index contributed by atoms with van der Waals surface area (Å²) in [4.78, 5) is 17.1. The van der Waals surface area contributed by atoms with Crippen molar-refractivity contribution in [3.8, 4) is 0 Å². The Morgan fingerprint density at radius 2 is 1.74 bits per heavy atom. The highest BCUT2D eigenvalue weighted by Crippen LogP contribution is 2.28. The van der Waals surface area contributed by atoms with E-state index in [-0.39, 0.29) is 5.91 Å². The number of anilines is 2. The molecule has 2 aromatic carbocycles. The monoisotopic (exact) mass is 308 g/mol. The van der Waals surface area contributed by atoms with Gasteiger partial charge in [0.05, 0.1) is 0 Å². The molecule has 0 aliphatic carbocycles. The number of para-hydroxylation sites is 1. The van der Waals surface area contributed by atoms with E-state index in [2.05, 4.69) is 43.0 Å². The maximum absolute atomic E-state index is 12.9. The lowest BCUT2D eigenvalue weighted by Crippen LogP contribution is -2.35. The van der Waals surface area contributed by atoms with E-state index in [0.717, 1.165) is 43.7 Å². The molecule has 1 aliphatic heterocycles. The number of aryl methyl sites for hydroxylation is 1. The van der Waals surface area contributed by atoms with Crippen LogP contribution in [0.25, 0.3) is 0 Å². The first kappa shape index (κ1) is 15.6. The number of hydrogen-bond acceptors (Lipinski definition) is 2. The fraction of sp³-hybridized carbons (Fsp3) is 0.350. The third-order valence-electron chi connectivity index (χ3n) is 4.60. The molecule has 0 spiro atoms. The van der Waals surface area contributed by atoms with Crippen molar-refractivity contribution in [1.82, 2.24) is 0 Å². The lowest BCUT2D eigenvalue weighted by atomic mass is 10.0. The molecule has 1 amide bonds. The molecular weight excluding hydrogens is 284 g/mol. The average molecular weight is 308 g/mol. The highest BCUT2D eigenvalue weighted by atomic mass is 16.2. The number of benzene rings is 2. The molecule has 0 fully saturated rings. The van der Waals surface area contributed by atoms with Crippen LogP contribution in [0.5, 0.6) is 0 Å². The zero-order valence-corrected chi connectivity index (χ0v) is 14.0. The lowest BCUT2D eigenvalue weighted by Gasteiger charge is -2.29. The van der Waals surface area contributed by atoms with Crippen LogP contribution in [0.2, 0.25) is 0 Å². The van der Waals surface area contributed by atoms with E-state index >= 15 is 0 Å². The first-order chi connectivity index (χ1) is 11.2. The Balaban J connectivity index is 1.84. The van der Waals surface area contributed by atoms with Crippen LogP contribution in [0.4, 0.5) is 11.4 Å². The van der Waals surface area contributed by atoms with Gasteiger partial charge in [-0.15, -0.1) is 0 Å². The van der Waals surface area contributed by atoms with Crippen molar-refractivity contribution in [1.29, 1.82) is 0 Å². The summed E-state index contributed by atoms with van der Waals surface area (Å²) in [6.07, 6.45) is 2.08. The van der Waals surface area contributed by atoms with Gasteiger partial charge in [0, 0.05) is 36.6 Å². The summed E-state index contributed by atoms with van der Waals surface area (Å²) in [7, 11) is 0. The number of fused-ring (bicyclic) bond motifs is 1. The van der Waals surface area contributed by atoms with Gasteiger partial charge in [-0.1, -0.05) is 18.2 Å². The fourth-order valence-corrected chi connectivity index (χ4v) is 3.30. The van der Waals surface area contributed by atoms with Gasteiger partial charge in [-0.05, 0) is 62.6 Å². The molecule has 120 valence electrons. The summed E-state index contributed by atoms with van der Waals surface area (Å²) >= 11 is 0. The van der Waals surface area contributed by atoms with Crippen molar-refractivity contribution in [2.45, 2.75) is 26.7 Å². The van der Waals surface area contributed by atoms with Gasteiger partial charge in [0.15, 0.2) is 0 Å². The molecule has 0 saturated carbocycles. The van der Waals surface area contributed by atoms with Gasteiger partial charge in [-0.25, -0.2) is 0 Å². The zero-order chi connectivity index (χ0) is 16.2. The Morgan fingerprint density at radius 1 is 1.04 bits per heavy atom. The minimum Gasteiger partial charge on any atom is -0.372 e. The van der Waals surface area contributed by atoms with Crippen LogP contribution in [0, 0.1) is 0 Å². The van der Waals surface area contributed by atoms with E-state index in [1.165, 1.54) is 11.3 Å². The lowest BCUT2D eigenvalue weighted by molar-refractivity contribution is 0.0985. The van der Waals surface area contributed by atoms with Crippen LogP contribution in [-0.2, 0) is 6.42 Å². The van der Waals surface area contributed by atoms with Crippen molar-refractivity contribution >= 4 is 17.3 Å². The molecule has 0 aromatic heterocycles. The number of rotatable bonds is 4. The zero-order valence-electron chi connectivity index (χ0n) is 14.0. The highest BCUT2D eigenvalue weighted by molar-refractivity contribution is 6.06. The molecule has 0 N–H and O–H groups in total. The smallest absolute Gasteiger partial charge is 0.258 e. The first-order valence-electron chi connectivity index (χ1n) is 8.49. The van der Waals surface area contributed by atoms with Crippen molar-refractivity contribution in [3.05, 3.63) is 59.7 Å². The maximum atomic E-state index is 12.9. The van der Waals surface area contributed by atoms with E-state index in [1.54, 1.807) is 0 Å². The van der Waals surface area contributed by atoms with Gasteiger partial charge >= 0.3 is 0 Å². The van der Waals surface area contributed by atoms with Crippen LogP contribution in [0.3, 0.4) is 0 Å². The van der Waals surface area contributed by atoms with Crippen molar-refractivity contribution < 1.29 is 4.79 Å². The van der Waals surface area contributed by atoms with Crippen LogP contribution in [0.15, 0.2) is 48.5 Å². The van der Waals surface area contributed by atoms with E-state index < -0.39 is 0 Å². The second-order valence-corrected chi connectivity index (χ2v) is 5.91. The quantitative estimate of drug-likeness (QED) is 0.848. The summed E-state index contributed by atoms with van der Waals surface area (Å²) in [6.45, 7) is 7.04. The van der Waals surface area contributed by atoms with Gasteiger partial charge in [0.2, 0.25) is 0 Å².